The van der Waals surface area contributed by atoms with Crippen molar-refractivity contribution in [2.45, 2.75) is 0 Å². The Labute approximate surface area is 168 Å². The minimum absolute atomic E-state index is 0.151. The van der Waals surface area contributed by atoms with Crippen molar-refractivity contribution in [1.29, 1.82) is 0 Å². The molecule has 0 unspecified atom stereocenters. The molecule has 0 amide bonds. The Morgan fingerprint density at radius 1 is 0.690 bits per heavy atom. The van der Waals surface area contributed by atoms with E-state index in [1.54, 1.807) is 7.11 Å². The lowest BCUT2D eigenvalue weighted by Gasteiger charge is -2.18. The summed E-state index contributed by atoms with van der Waals surface area (Å²) >= 11 is 0. The second kappa shape index (κ2) is 6.95. The van der Waals surface area contributed by atoms with Gasteiger partial charge in [0.1, 0.15) is 7.11 Å². The van der Waals surface area contributed by atoms with Gasteiger partial charge in [0, 0.05) is 11.1 Å². The van der Waals surface area contributed by atoms with Gasteiger partial charge in [-0.25, -0.2) is 0 Å². The van der Waals surface area contributed by atoms with Gasteiger partial charge in [0.15, 0.2) is 0 Å². The fourth-order valence-electron chi connectivity index (χ4n) is 4.08. The van der Waals surface area contributed by atoms with Gasteiger partial charge in [0.05, 0.1) is 11.1 Å². The Balaban J connectivity index is 2.05. The van der Waals surface area contributed by atoms with Gasteiger partial charge in [0.25, 0.3) is 5.56 Å². The first-order valence-electron chi connectivity index (χ1n) is 9.55. The Bertz CT molecular complexity index is 1340. The van der Waals surface area contributed by atoms with Crippen molar-refractivity contribution < 1.29 is 4.84 Å². The molecule has 140 valence electrons. The first kappa shape index (κ1) is 17.3. The minimum Gasteiger partial charge on any atom is -0.413 e. The molecule has 2 aliphatic carbocycles. The third-order valence-electron chi connectivity index (χ3n) is 5.31. The molecular formula is C26H19NO2. The third kappa shape index (κ3) is 2.71. The average Bonchev–Trinajstić information content (AvgIpc) is 2.97. The van der Waals surface area contributed by atoms with Gasteiger partial charge in [-0.3, -0.25) is 4.79 Å². The lowest BCUT2D eigenvalue weighted by atomic mass is 9.95. The van der Waals surface area contributed by atoms with Crippen molar-refractivity contribution in [1.82, 2.24) is 4.73 Å². The van der Waals surface area contributed by atoms with E-state index in [0.717, 1.165) is 38.9 Å². The van der Waals surface area contributed by atoms with Crippen molar-refractivity contribution in [2.75, 3.05) is 7.11 Å². The molecule has 0 saturated carbocycles. The summed E-state index contributed by atoms with van der Waals surface area (Å²) in [6, 6.07) is 32.2. The van der Waals surface area contributed by atoms with Crippen LogP contribution in [0.4, 0.5) is 0 Å². The molecule has 5 rings (SSSR count). The average molecular weight is 377 g/mol. The molecule has 0 saturated heterocycles. The number of fused-ring (bicyclic) bond motifs is 3. The van der Waals surface area contributed by atoms with E-state index in [2.05, 4.69) is 18.2 Å². The van der Waals surface area contributed by atoms with Crippen LogP contribution in [0.1, 0.15) is 0 Å². The van der Waals surface area contributed by atoms with Crippen molar-refractivity contribution >= 4 is 10.8 Å². The highest BCUT2D eigenvalue weighted by Gasteiger charge is 2.24. The van der Waals surface area contributed by atoms with Crippen LogP contribution in [0, 0.1) is 0 Å². The summed E-state index contributed by atoms with van der Waals surface area (Å²) in [5.41, 5.74) is 5.54. The largest absolute Gasteiger partial charge is 0.413 e. The molecule has 0 spiro atoms. The molecule has 2 aliphatic rings. The van der Waals surface area contributed by atoms with Crippen molar-refractivity contribution in [3.05, 3.63) is 107 Å². The topological polar surface area (TPSA) is 31.2 Å². The maximum absolute atomic E-state index is 13.6. The highest BCUT2D eigenvalue weighted by Crippen LogP contribution is 2.41. The number of hydrogen-bond acceptors (Lipinski definition) is 2. The highest BCUT2D eigenvalue weighted by atomic mass is 16.6. The van der Waals surface area contributed by atoms with Gasteiger partial charge in [-0.1, -0.05) is 91.0 Å². The molecule has 0 N–H and O–H groups in total. The summed E-state index contributed by atoms with van der Waals surface area (Å²) in [7, 11) is 1.54. The predicted octanol–water partition coefficient (Wildman–Crippen LogP) is 5.50. The van der Waals surface area contributed by atoms with Crippen LogP contribution in [0.3, 0.4) is 0 Å². The predicted molar refractivity (Wildman–Crippen MR) is 118 cm³/mol. The van der Waals surface area contributed by atoms with Crippen LogP contribution in [0.15, 0.2) is 102 Å². The van der Waals surface area contributed by atoms with Crippen molar-refractivity contribution in [2.24, 2.45) is 0 Å². The van der Waals surface area contributed by atoms with E-state index in [0.29, 0.717) is 5.39 Å². The smallest absolute Gasteiger partial charge is 0.292 e. The van der Waals surface area contributed by atoms with E-state index in [1.807, 2.05) is 78.9 Å². The molecule has 29 heavy (non-hydrogen) atoms. The number of hydrogen-bond donors (Lipinski definition) is 0. The van der Waals surface area contributed by atoms with E-state index in [-0.39, 0.29) is 5.56 Å². The number of rotatable bonds is 3. The van der Waals surface area contributed by atoms with Crippen LogP contribution in [0.25, 0.3) is 44.3 Å². The van der Waals surface area contributed by atoms with Crippen LogP contribution in [-0.2, 0) is 0 Å². The molecule has 0 bridgehead atoms. The molecule has 2 aromatic carbocycles. The van der Waals surface area contributed by atoms with Crippen molar-refractivity contribution in [3.8, 4) is 33.5 Å². The Kier molecular flexibility index (Phi) is 4.14. The van der Waals surface area contributed by atoms with Crippen LogP contribution in [0.5, 0.6) is 0 Å². The van der Waals surface area contributed by atoms with Crippen LogP contribution >= 0.6 is 0 Å². The van der Waals surface area contributed by atoms with E-state index in [1.165, 1.54) is 4.73 Å². The summed E-state index contributed by atoms with van der Waals surface area (Å²) < 4.78 is 1.42. The first-order valence-corrected chi connectivity index (χ1v) is 9.55. The zero-order valence-corrected chi connectivity index (χ0v) is 16.0. The van der Waals surface area contributed by atoms with Gasteiger partial charge >= 0.3 is 0 Å². The molecule has 0 fully saturated rings. The summed E-state index contributed by atoms with van der Waals surface area (Å²) in [6.45, 7) is 0. The minimum atomic E-state index is -0.151. The second-order valence-electron chi connectivity index (χ2n) is 6.95. The normalized spacial score (nSPS) is 11.1. The standard InChI is InChI=1S/C26H19NO2/c1-29-27-25(19-13-7-3-8-14-19)23(18-11-5-2-6-12-18)22-17-20-15-9-4-10-16-21(20)24(22)26(27)28/h2-17H,1H3. The maximum Gasteiger partial charge on any atom is 0.292 e. The Hall–Kier alpha value is -3.85. The molecule has 0 aliphatic heterocycles. The first-order chi connectivity index (χ1) is 14.3. The van der Waals surface area contributed by atoms with Crippen LogP contribution in [0.2, 0.25) is 0 Å². The summed E-state index contributed by atoms with van der Waals surface area (Å²) in [5.74, 6) is 0. The lowest BCUT2D eigenvalue weighted by molar-refractivity contribution is 0.163. The van der Waals surface area contributed by atoms with Crippen molar-refractivity contribution in [3.63, 3.8) is 0 Å². The van der Waals surface area contributed by atoms with Gasteiger partial charge in [-0.05, 0) is 28.1 Å². The maximum atomic E-state index is 13.6. The number of nitrogens with zero attached hydrogens (tertiary/aromatic N) is 1. The number of aromatic nitrogens is 1. The molecule has 0 radical (unpaired) electrons. The summed E-state index contributed by atoms with van der Waals surface area (Å²) in [4.78, 5) is 19.2. The molecule has 0 atom stereocenters. The molecule has 3 nitrogen and oxygen atoms in total. The van der Waals surface area contributed by atoms with Gasteiger partial charge in [-0.2, -0.15) is 0 Å². The summed E-state index contributed by atoms with van der Waals surface area (Å²) in [6.07, 6.45) is 0. The number of benzene rings is 2. The Morgan fingerprint density at radius 3 is 1.86 bits per heavy atom. The number of pyridine rings is 1. The van der Waals surface area contributed by atoms with Gasteiger partial charge in [0.2, 0.25) is 0 Å². The van der Waals surface area contributed by atoms with Crippen LogP contribution < -0.4 is 10.4 Å². The fraction of sp³-hybridized carbons (Fsp3) is 0.0385. The zero-order chi connectivity index (χ0) is 19.8. The summed E-state index contributed by atoms with van der Waals surface area (Å²) in [5, 5.41) is 1.62. The SMILES string of the molecule is COn1c(-c2ccccc2)c(-c2ccccc2)c2cc3cccccc-3c2c1=O. The molecule has 3 aromatic rings. The molecule has 3 heteroatoms. The zero-order valence-electron chi connectivity index (χ0n) is 16.0. The molecular weight excluding hydrogens is 358 g/mol. The molecule has 1 heterocycles. The van der Waals surface area contributed by atoms with E-state index < -0.39 is 0 Å². The third-order valence-corrected chi connectivity index (χ3v) is 5.31. The monoisotopic (exact) mass is 377 g/mol. The van der Waals surface area contributed by atoms with E-state index >= 15 is 0 Å². The molecule has 1 aromatic heterocycles. The van der Waals surface area contributed by atoms with Crippen LogP contribution in [-0.4, -0.2) is 11.8 Å². The lowest BCUT2D eigenvalue weighted by Crippen LogP contribution is -2.27. The van der Waals surface area contributed by atoms with E-state index in [4.69, 9.17) is 4.84 Å². The Morgan fingerprint density at radius 2 is 1.24 bits per heavy atom. The quantitative estimate of drug-likeness (QED) is 0.416. The van der Waals surface area contributed by atoms with Gasteiger partial charge < -0.3 is 4.84 Å². The highest BCUT2D eigenvalue weighted by molar-refractivity contribution is 6.11. The second-order valence-corrected chi connectivity index (χ2v) is 6.95. The van der Waals surface area contributed by atoms with E-state index in [9.17, 15) is 4.79 Å². The fourth-order valence-corrected chi connectivity index (χ4v) is 4.08. The van der Waals surface area contributed by atoms with Gasteiger partial charge in [-0.15, -0.1) is 4.73 Å².